The van der Waals surface area contributed by atoms with E-state index < -0.39 is 23.3 Å². The second-order valence-corrected chi connectivity index (χ2v) is 4.55. The maximum absolute atomic E-state index is 14.4. The van der Waals surface area contributed by atoms with Crippen LogP contribution < -0.4 is 4.74 Å². The van der Waals surface area contributed by atoms with Gasteiger partial charge in [0.25, 0.3) is 0 Å². The van der Waals surface area contributed by atoms with Crippen LogP contribution >= 0.6 is 0 Å². The van der Waals surface area contributed by atoms with Crippen LogP contribution in [0.2, 0.25) is 0 Å². The summed E-state index contributed by atoms with van der Waals surface area (Å²) in [6.07, 6.45) is 2.03. The highest BCUT2D eigenvalue weighted by Gasteiger charge is 2.39. The maximum Gasteiger partial charge on any atom is 0.348 e. The van der Waals surface area contributed by atoms with E-state index in [0.29, 0.717) is 16.7 Å². The monoisotopic (exact) mass is 305 g/mol. The van der Waals surface area contributed by atoms with Crippen LogP contribution in [0.5, 0.6) is 5.75 Å². The summed E-state index contributed by atoms with van der Waals surface area (Å²) in [5.74, 6) is -4.42. The molecule has 22 heavy (non-hydrogen) atoms. The van der Waals surface area contributed by atoms with Crippen molar-refractivity contribution in [3.05, 3.63) is 60.1 Å². The van der Waals surface area contributed by atoms with E-state index in [0.717, 1.165) is 18.3 Å². The van der Waals surface area contributed by atoms with Crippen LogP contribution in [0.1, 0.15) is 11.5 Å². The molecule has 0 atom stereocenters. The fourth-order valence-corrected chi connectivity index (χ4v) is 1.96. The van der Waals surface area contributed by atoms with E-state index in [9.17, 15) is 13.2 Å². The largest absolute Gasteiger partial charge is 0.497 e. The fraction of sp³-hybridized carbons (Fsp3) is 0.133. The summed E-state index contributed by atoms with van der Waals surface area (Å²) in [4.78, 5) is 11.0. The van der Waals surface area contributed by atoms with Gasteiger partial charge >= 0.3 is 5.92 Å². The van der Waals surface area contributed by atoms with Crippen LogP contribution in [0, 0.1) is 5.82 Å². The van der Waals surface area contributed by atoms with Crippen molar-refractivity contribution >= 4 is 10.9 Å². The number of methoxy groups -OCH3 is 1. The first kappa shape index (κ1) is 14.2. The second kappa shape index (κ2) is 5.25. The van der Waals surface area contributed by atoms with Gasteiger partial charge in [0.15, 0.2) is 0 Å². The Morgan fingerprint density at radius 2 is 1.86 bits per heavy atom. The van der Waals surface area contributed by atoms with Crippen molar-refractivity contribution in [1.29, 1.82) is 0 Å². The van der Waals surface area contributed by atoms with Gasteiger partial charge in [-0.2, -0.15) is 8.78 Å². The number of nitrogens with zero attached hydrogens (tertiary/aromatic N) is 3. The minimum absolute atomic E-state index is 0.325. The zero-order chi connectivity index (χ0) is 15.7. The Morgan fingerprint density at radius 1 is 1.05 bits per heavy atom. The average molecular weight is 305 g/mol. The van der Waals surface area contributed by atoms with Crippen molar-refractivity contribution in [3.63, 3.8) is 0 Å². The Bertz CT molecular complexity index is 822. The van der Waals surface area contributed by atoms with Gasteiger partial charge in [0, 0.05) is 17.6 Å². The molecule has 0 bridgehead atoms. The molecule has 3 aromatic rings. The van der Waals surface area contributed by atoms with E-state index in [-0.39, 0.29) is 0 Å². The van der Waals surface area contributed by atoms with E-state index in [2.05, 4.69) is 15.0 Å². The quantitative estimate of drug-likeness (QED) is 0.745. The molecule has 0 amide bonds. The van der Waals surface area contributed by atoms with Gasteiger partial charge < -0.3 is 4.74 Å². The molecule has 7 heteroatoms. The summed E-state index contributed by atoms with van der Waals surface area (Å²) < 4.78 is 46.6. The molecule has 3 rings (SSSR count). The molecular formula is C15H10F3N3O. The number of alkyl halides is 2. The van der Waals surface area contributed by atoms with Gasteiger partial charge in [0.1, 0.15) is 17.3 Å². The van der Waals surface area contributed by atoms with E-state index in [1.165, 1.54) is 19.4 Å². The molecule has 0 aliphatic carbocycles. The molecule has 0 fully saturated rings. The number of aromatic nitrogens is 3. The number of halogens is 3. The predicted molar refractivity (Wildman–Crippen MR) is 73.3 cm³/mol. The molecule has 0 spiro atoms. The van der Waals surface area contributed by atoms with Crippen molar-refractivity contribution in [2.45, 2.75) is 5.92 Å². The Hall–Kier alpha value is -2.70. The number of rotatable bonds is 3. The van der Waals surface area contributed by atoms with Crippen molar-refractivity contribution in [3.8, 4) is 5.75 Å². The summed E-state index contributed by atoms with van der Waals surface area (Å²) in [6, 6.07) is 6.72. The van der Waals surface area contributed by atoms with Crippen LogP contribution in [0.15, 0.2) is 42.7 Å². The lowest BCUT2D eigenvalue weighted by Gasteiger charge is -2.14. The lowest BCUT2D eigenvalue weighted by atomic mass is 10.2. The zero-order valence-corrected chi connectivity index (χ0v) is 11.4. The van der Waals surface area contributed by atoms with Crippen molar-refractivity contribution < 1.29 is 17.9 Å². The molecule has 112 valence electrons. The summed E-state index contributed by atoms with van der Waals surface area (Å²) >= 11 is 0. The third-order valence-electron chi connectivity index (χ3n) is 3.12. The molecule has 0 saturated carbocycles. The lowest BCUT2D eigenvalue weighted by Crippen LogP contribution is -2.20. The lowest BCUT2D eigenvalue weighted by molar-refractivity contribution is 0.0283. The van der Waals surface area contributed by atoms with Crippen molar-refractivity contribution in [2.75, 3.05) is 7.11 Å². The van der Waals surface area contributed by atoms with Crippen molar-refractivity contribution in [1.82, 2.24) is 15.0 Å². The van der Waals surface area contributed by atoms with Gasteiger partial charge in [-0.15, -0.1) is 0 Å². The smallest absolute Gasteiger partial charge is 0.348 e. The van der Waals surface area contributed by atoms with E-state index in [4.69, 9.17) is 4.74 Å². The van der Waals surface area contributed by atoms with Gasteiger partial charge in [-0.1, -0.05) is 0 Å². The molecule has 0 aliphatic rings. The van der Waals surface area contributed by atoms with Gasteiger partial charge in [-0.3, -0.25) is 4.98 Å². The molecule has 0 radical (unpaired) electrons. The standard InChI is InChI=1S/C15H10F3N3O/c1-22-11-4-2-9-7-20-14(21-12(9)6-11)15(17,18)13-5-3-10(16)8-19-13/h2-8H,1H3. The van der Waals surface area contributed by atoms with Crippen molar-refractivity contribution in [2.24, 2.45) is 0 Å². The minimum atomic E-state index is -3.52. The predicted octanol–water partition coefficient (Wildman–Crippen LogP) is 3.31. The first-order chi connectivity index (χ1) is 10.5. The molecule has 0 saturated heterocycles. The molecule has 0 aliphatic heterocycles. The van der Waals surface area contributed by atoms with Gasteiger partial charge in [0.05, 0.1) is 18.8 Å². The first-order valence-electron chi connectivity index (χ1n) is 6.32. The fourth-order valence-electron chi connectivity index (χ4n) is 1.96. The molecule has 2 aromatic heterocycles. The van der Waals surface area contributed by atoms with Crippen LogP contribution in [0.4, 0.5) is 13.2 Å². The van der Waals surface area contributed by atoms with Crippen LogP contribution in [0.25, 0.3) is 10.9 Å². The molecule has 4 nitrogen and oxygen atoms in total. The summed E-state index contributed by atoms with van der Waals surface area (Å²) in [5.41, 5.74) is -0.290. The van der Waals surface area contributed by atoms with Crippen LogP contribution in [-0.4, -0.2) is 22.1 Å². The third kappa shape index (κ3) is 2.45. The summed E-state index contributed by atoms with van der Waals surface area (Å²) in [7, 11) is 1.47. The molecule has 2 heterocycles. The third-order valence-corrected chi connectivity index (χ3v) is 3.12. The molecule has 0 N–H and O–H groups in total. The number of fused-ring (bicyclic) bond motifs is 1. The highest BCUT2D eigenvalue weighted by atomic mass is 19.3. The number of ether oxygens (including phenoxy) is 1. The van der Waals surface area contributed by atoms with E-state index in [1.54, 1.807) is 12.1 Å². The SMILES string of the molecule is COc1ccc2cnc(C(F)(F)c3ccc(F)cn3)nc2c1. The topological polar surface area (TPSA) is 47.9 Å². The highest BCUT2D eigenvalue weighted by molar-refractivity contribution is 5.79. The Balaban J connectivity index is 2.09. The maximum atomic E-state index is 14.4. The van der Waals surface area contributed by atoms with Gasteiger partial charge in [-0.25, -0.2) is 14.4 Å². The van der Waals surface area contributed by atoms with E-state index >= 15 is 0 Å². The number of benzene rings is 1. The second-order valence-electron chi connectivity index (χ2n) is 4.55. The zero-order valence-electron chi connectivity index (χ0n) is 11.4. The number of hydrogen-bond acceptors (Lipinski definition) is 4. The molecule has 0 unspecified atom stereocenters. The van der Waals surface area contributed by atoms with E-state index in [1.807, 2.05) is 0 Å². The number of hydrogen-bond donors (Lipinski definition) is 0. The van der Waals surface area contributed by atoms with Gasteiger partial charge in [0.2, 0.25) is 5.82 Å². The minimum Gasteiger partial charge on any atom is -0.497 e. The first-order valence-corrected chi connectivity index (χ1v) is 6.32. The average Bonchev–Trinajstić information content (AvgIpc) is 2.54. The normalized spacial score (nSPS) is 11.6. The Morgan fingerprint density at radius 3 is 2.55 bits per heavy atom. The molecular weight excluding hydrogens is 295 g/mol. The Labute approximate surface area is 123 Å². The molecule has 1 aromatic carbocycles. The Kier molecular flexibility index (Phi) is 3.40. The summed E-state index contributed by atoms with van der Waals surface area (Å²) in [6.45, 7) is 0. The summed E-state index contributed by atoms with van der Waals surface area (Å²) in [5, 5.41) is 0.604. The van der Waals surface area contributed by atoms with Crippen LogP contribution in [0.3, 0.4) is 0 Å². The van der Waals surface area contributed by atoms with Gasteiger partial charge in [-0.05, 0) is 24.3 Å². The highest BCUT2D eigenvalue weighted by Crippen LogP contribution is 2.32. The van der Waals surface area contributed by atoms with Crippen LogP contribution in [-0.2, 0) is 5.92 Å². The number of pyridine rings is 1.